The van der Waals surface area contributed by atoms with Gasteiger partial charge in [-0.2, -0.15) is 0 Å². The molecule has 0 spiro atoms. The van der Waals surface area contributed by atoms with Crippen LogP contribution in [0.2, 0.25) is 0 Å². The molecule has 3 unspecified atom stereocenters. The minimum absolute atomic E-state index is 0.0625. The van der Waals surface area contributed by atoms with E-state index in [1.807, 2.05) is 27.2 Å². The van der Waals surface area contributed by atoms with Crippen LogP contribution in [0, 0.1) is 0 Å². The summed E-state index contributed by atoms with van der Waals surface area (Å²) >= 11 is 0. The molecule has 0 bridgehead atoms. The second-order valence-electron chi connectivity index (χ2n) is 20.7. The third-order valence-electron chi connectivity index (χ3n) is 12.9. The van der Waals surface area contributed by atoms with Crippen LogP contribution in [-0.4, -0.2) is 73.4 Å². The van der Waals surface area contributed by atoms with Gasteiger partial charge in [-0.15, -0.1) is 0 Å². The number of amides is 1. The van der Waals surface area contributed by atoms with Gasteiger partial charge in [0.25, 0.3) is 0 Å². The van der Waals surface area contributed by atoms with Gasteiger partial charge in [-0.05, 0) is 51.4 Å². The van der Waals surface area contributed by atoms with Crippen molar-refractivity contribution in [2.45, 2.75) is 283 Å². The number of nitrogens with one attached hydrogen (secondary N) is 1. The van der Waals surface area contributed by atoms with Crippen LogP contribution in [0.3, 0.4) is 0 Å². The SMILES string of the molecule is CCCCCCC/C=C\C/C=C\CCCCCCCCCCCCCCCCCC(=O)NC(COP(=O)(O)OCC[N+](C)(C)C)C(O)/C=C/CCCCCCCCCCCCCCCCC. The zero-order valence-electron chi connectivity index (χ0n) is 44.4. The van der Waals surface area contributed by atoms with E-state index in [2.05, 4.69) is 43.5 Å². The van der Waals surface area contributed by atoms with Crippen molar-refractivity contribution in [3.8, 4) is 0 Å². The van der Waals surface area contributed by atoms with Gasteiger partial charge >= 0.3 is 7.82 Å². The summed E-state index contributed by atoms with van der Waals surface area (Å²) in [5, 5.41) is 13.9. The second-order valence-corrected chi connectivity index (χ2v) is 22.1. The molecule has 0 rings (SSSR count). The number of carbonyl (C=O) groups is 1. The Morgan fingerprint density at radius 2 is 0.864 bits per heavy atom. The standard InChI is InChI=1S/C57H111N2O6P/c1-6-8-10-12-14-16-18-20-22-24-25-26-27-28-29-30-31-32-33-35-37-39-41-43-45-47-49-51-57(61)58-55(54-65-66(62,63)64-53-52-59(3,4)5)56(60)50-48-46-44-42-40-38-36-34-23-21-19-17-15-13-11-9-7-2/h18,20,24-25,48,50,55-56,60H,6-17,19,21-23,26-47,49,51-54H2,1-5H3,(H-,58,61,62,63)/p+1/b20-18-,25-24-,50-48+. The summed E-state index contributed by atoms with van der Waals surface area (Å²) in [5.41, 5.74) is 0. The zero-order valence-corrected chi connectivity index (χ0v) is 45.3. The van der Waals surface area contributed by atoms with E-state index in [1.54, 1.807) is 6.08 Å². The number of unbranched alkanes of at least 4 members (excludes halogenated alkanes) is 35. The van der Waals surface area contributed by atoms with Crippen molar-refractivity contribution in [3.63, 3.8) is 0 Å². The maximum atomic E-state index is 13.0. The third kappa shape index (κ3) is 50.6. The Bertz CT molecular complexity index is 1170. The summed E-state index contributed by atoms with van der Waals surface area (Å²) in [6.07, 6.45) is 62.3. The molecule has 0 aliphatic rings. The minimum Gasteiger partial charge on any atom is -0.387 e. The van der Waals surface area contributed by atoms with Crippen LogP contribution in [0.5, 0.6) is 0 Å². The molecule has 8 nitrogen and oxygen atoms in total. The van der Waals surface area contributed by atoms with Crippen LogP contribution >= 0.6 is 7.82 Å². The maximum absolute atomic E-state index is 13.0. The van der Waals surface area contributed by atoms with E-state index >= 15 is 0 Å². The van der Waals surface area contributed by atoms with Crippen molar-refractivity contribution >= 4 is 13.7 Å². The van der Waals surface area contributed by atoms with Gasteiger partial charge in [0.05, 0.1) is 39.9 Å². The molecule has 0 saturated heterocycles. The average molecular weight is 953 g/mol. The van der Waals surface area contributed by atoms with Gasteiger partial charge in [0.15, 0.2) is 0 Å². The van der Waals surface area contributed by atoms with Crippen molar-refractivity contribution in [2.24, 2.45) is 0 Å². The molecule has 0 aromatic carbocycles. The summed E-state index contributed by atoms with van der Waals surface area (Å²) in [7, 11) is 1.58. The van der Waals surface area contributed by atoms with E-state index in [-0.39, 0.29) is 19.1 Å². The summed E-state index contributed by atoms with van der Waals surface area (Å²) in [6, 6.07) is -0.845. The number of rotatable bonds is 52. The lowest BCUT2D eigenvalue weighted by molar-refractivity contribution is -0.870. The van der Waals surface area contributed by atoms with Crippen molar-refractivity contribution in [1.29, 1.82) is 0 Å². The quantitative estimate of drug-likeness (QED) is 0.0243. The Labute approximate surface area is 410 Å². The fraction of sp³-hybridized carbons (Fsp3) is 0.877. The molecule has 66 heavy (non-hydrogen) atoms. The lowest BCUT2D eigenvalue weighted by atomic mass is 10.0. The molecule has 0 saturated carbocycles. The van der Waals surface area contributed by atoms with E-state index in [4.69, 9.17) is 9.05 Å². The summed E-state index contributed by atoms with van der Waals surface area (Å²) in [5.74, 6) is -0.174. The number of hydrogen-bond acceptors (Lipinski definition) is 5. The first kappa shape index (κ1) is 64.7. The highest BCUT2D eigenvalue weighted by Gasteiger charge is 2.27. The van der Waals surface area contributed by atoms with Gasteiger partial charge in [0, 0.05) is 6.42 Å². The molecule has 1 amide bonds. The molecule has 3 atom stereocenters. The van der Waals surface area contributed by atoms with Crippen LogP contribution in [0.4, 0.5) is 0 Å². The number of hydrogen-bond donors (Lipinski definition) is 3. The van der Waals surface area contributed by atoms with Gasteiger partial charge in [0.2, 0.25) is 5.91 Å². The summed E-state index contributed by atoms with van der Waals surface area (Å²) < 4.78 is 23.7. The van der Waals surface area contributed by atoms with Crippen LogP contribution in [-0.2, 0) is 18.4 Å². The van der Waals surface area contributed by atoms with E-state index < -0.39 is 20.0 Å². The molecule has 9 heteroatoms. The van der Waals surface area contributed by atoms with E-state index in [9.17, 15) is 19.4 Å². The molecule has 0 aliphatic carbocycles. The van der Waals surface area contributed by atoms with Gasteiger partial charge in [0.1, 0.15) is 13.2 Å². The number of quaternary nitrogens is 1. The Kier molecular flexibility index (Phi) is 47.8. The summed E-state index contributed by atoms with van der Waals surface area (Å²) in [6.45, 7) is 4.83. The molecular weight excluding hydrogens is 840 g/mol. The second kappa shape index (κ2) is 48.7. The molecule has 3 N–H and O–H groups in total. The van der Waals surface area contributed by atoms with Crippen LogP contribution in [0.1, 0.15) is 271 Å². The normalized spacial score (nSPS) is 14.2. The van der Waals surface area contributed by atoms with Gasteiger partial charge in [-0.3, -0.25) is 13.8 Å². The fourth-order valence-electron chi connectivity index (χ4n) is 8.37. The largest absolute Gasteiger partial charge is 0.472 e. The van der Waals surface area contributed by atoms with Crippen LogP contribution < -0.4 is 5.32 Å². The smallest absolute Gasteiger partial charge is 0.387 e. The highest BCUT2D eigenvalue weighted by molar-refractivity contribution is 7.47. The molecule has 0 aliphatic heterocycles. The predicted octanol–water partition coefficient (Wildman–Crippen LogP) is 17.0. The third-order valence-corrected chi connectivity index (χ3v) is 13.8. The molecule has 0 fully saturated rings. The summed E-state index contributed by atoms with van der Waals surface area (Å²) in [4.78, 5) is 23.3. The van der Waals surface area contributed by atoms with Crippen molar-refractivity contribution in [3.05, 3.63) is 36.5 Å². The van der Waals surface area contributed by atoms with Crippen LogP contribution in [0.15, 0.2) is 36.5 Å². The Balaban J connectivity index is 4.16. The number of aliphatic hydroxyl groups excluding tert-OH is 1. The molecule has 0 radical (unpaired) electrons. The lowest BCUT2D eigenvalue weighted by Gasteiger charge is -2.25. The zero-order chi connectivity index (χ0) is 48.5. The minimum atomic E-state index is -4.34. The molecular formula is C57H112N2O6P+. The van der Waals surface area contributed by atoms with Crippen molar-refractivity contribution in [2.75, 3.05) is 40.9 Å². The molecule has 390 valence electrons. The molecule has 0 aromatic rings. The highest BCUT2D eigenvalue weighted by atomic mass is 31.2. The number of nitrogens with zero attached hydrogens (tertiary/aromatic N) is 1. The number of phosphoric ester groups is 1. The first-order valence-electron chi connectivity index (χ1n) is 28.4. The average Bonchev–Trinajstić information content (AvgIpc) is 3.28. The van der Waals surface area contributed by atoms with Crippen LogP contribution in [0.25, 0.3) is 0 Å². The Morgan fingerprint density at radius 1 is 0.515 bits per heavy atom. The molecule has 0 heterocycles. The first-order chi connectivity index (χ1) is 32.0. The first-order valence-corrected chi connectivity index (χ1v) is 29.9. The number of allylic oxidation sites excluding steroid dienone is 5. The monoisotopic (exact) mass is 952 g/mol. The topological polar surface area (TPSA) is 105 Å². The molecule has 0 aromatic heterocycles. The number of aliphatic hydroxyl groups is 1. The number of likely N-dealkylation sites (N-methyl/N-ethyl adjacent to an activating group) is 1. The van der Waals surface area contributed by atoms with E-state index in [0.29, 0.717) is 17.4 Å². The van der Waals surface area contributed by atoms with Crippen molar-refractivity contribution in [1.82, 2.24) is 5.32 Å². The number of phosphoric acid groups is 1. The van der Waals surface area contributed by atoms with E-state index in [1.165, 1.54) is 205 Å². The fourth-order valence-corrected chi connectivity index (χ4v) is 9.10. The van der Waals surface area contributed by atoms with Gasteiger partial charge in [-0.25, -0.2) is 4.57 Å². The lowest BCUT2D eigenvalue weighted by Crippen LogP contribution is -2.45. The Morgan fingerprint density at radius 3 is 1.24 bits per heavy atom. The van der Waals surface area contributed by atoms with Crippen molar-refractivity contribution < 1.29 is 32.9 Å². The van der Waals surface area contributed by atoms with Gasteiger partial charge in [-0.1, -0.05) is 249 Å². The Hall–Kier alpha value is -1.28. The maximum Gasteiger partial charge on any atom is 0.472 e. The van der Waals surface area contributed by atoms with E-state index in [0.717, 1.165) is 44.9 Å². The van der Waals surface area contributed by atoms with Gasteiger partial charge < -0.3 is 19.8 Å². The number of carbonyl (C=O) groups excluding carboxylic acids is 1. The predicted molar refractivity (Wildman–Crippen MR) is 286 cm³/mol. The highest BCUT2D eigenvalue weighted by Crippen LogP contribution is 2.43.